The Balaban J connectivity index is 1.85. The minimum atomic E-state index is 1.03. The number of nitrogens with one attached hydrogen (secondary N) is 1. The molecule has 2 aromatic rings. The van der Waals surface area contributed by atoms with Crippen LogP contribution in [0.3, 0.4) is 0 Å². The highest BCUT2D eigenvalue weighted by molar-refractivity contribution is 7.20. The van der Waals surface area contributed by atoms with Crippen LogP contribution in [0.5, 0.6) is 0 Å². The van der Waals surface area contributed by atoms with Crippen molar-refractivity contribution in [3.8, 4) is 9.88 Å². The lowest BCUT2D eigenvalue weighted by atomic mass is 10.3. The normalized spacial score (nSPS) is 11.0. The fraction of sp³-hybridized carbons (Fsp3) is 0.538. The Labute approximate surface area is 116 Å². The smallest absolute Gasteiger partial charge is 0.158 e. The average molecular weight is 281 g/mol. The molecule has 98 valence electrons. The second kappa shape index (κ2) is 6.97. The molecule has 0 aliphatic carbocycles. The molecule has 3 nitrogen and oxygen atoms in total. The van der Waals surface area contributed by atoms with Gasteiger partial charge >= 0.3 is 0 Å². The van der Waals surface area contributed by atoms with Gasteiger partial charge in [-0.2, -0.15) is 0 Å². The maximum Gasteiger partial charge on any atom is 0.158 e. The fourth-order valence-corrected chi connectivity index (χ4v) is 3.66. The summed E-state index contributed by atoms with van der Waals surface area (Å²) >= 11 is 3.48. The number of aromatic nitrogens is 2. The zero-order valence-corrected chi connectivity index (χ0v) is 12.5. The molecular formula is C13H19N3S2. The maximum absolute atomic E-state index is 4.29. The van der Waals surface area contributed by atoms with E-state index in [1.807, 2.05) is 0 Å². The summed E-state index contributed by atoms with van der Waals surface area (Å²) in [5.74, 6) is 0. The van der Waals surface area contributed by atoms with E-state index in [4.69, 9.17) is 0 Å². The van der Waals surface area contributed by atoms with Crippen molar-refractivity contribution < 1.29 is 0 Å². The van der Waals surface area contributed by atoms with Crippen LogP contribution in [0.25, 0.3) is 9.88 Å². The summed E-state index contributed by atoms with van der Waals surface area (Å²) in [7, 11) is 0. The summed E-state index contributed by atoms with van der Waals surface area (Å²) in [5, 5.41) is 16.3. The van der Waals surface area contributed by atoms with E-state index in [9.17, 15) is 0 Å². The molecule has 0 aromatic carbocycles. The van der Waals surface area contributed by atoms with Gasteiger partial charge in [-0.25, -0.2) is 0 Å². The first-order valence-electron chi connectivity index (χ1n) is 6.39. The van der Waals surface area contributed by atoms with Crippen molar-refractivity contribution in [1.82, 2.24) is 15.5 Å². The number of hydrogen-bond acceptors (Lipinski definition) is 5. The van der Waals surface area contributed by atoms with Crippen molar-refractivity contribution in [2.45, 2.75) is 33.1 Å². The summed E-state index contributed by atoms with van der Waals surface area (Å²) in [4.78, 5) is 1.27. The van der Waals surface area contributed by atoms with E-state index < -0.39 is 0 Å². The van der Waals surface area contributed by atoms with Gasteiger partial charge in [0.2, 0.25) is 0 Å². The van der Waals surface area contributed by atoms with Crippen molar-refractivity contribution >= 4 is 22.7 Å². The molecular weight excluding hydrogens is 262 g/mol. The van der Waals surface area contributed by atoms with E-state index >= 15 is 0 Å². The van der Waals surface area contributed by atoms with E-state index in [-0.39, 0.29) is 0 Å². The van der Waals surface area contributed by atoms with Gasteiger partial charge in [-0.1, -0.05) is 18.3 Å². The number of thiophene rings is 1. The van der Waals surface area contributed by atoms with Crippen molar-refractivity contribution in [2.24, 2.45) is 0 Å². The van der Waals surface area contributed by atoms with Crippen LogP contribution in [0.15, 0.2) is 11.4 Å². The summed E-state index contributed by atoms with van der Waals surface area (Å²) in [6, 6.07) is 2.13. The number of hydrogen-bond donors (Lipinski definition) is 1. The Bertz CT molecular complexity index is 476. The zero-order chi connectivity index (χ0) is 12.8. The molecule has 0 atom stereocenters. The first kappa shape index (κ1) is 13.6. The van der Waals surface area contributed by atoms with Crippen LogP contribution < -0.4 is 5.32 Å². The van der Waals surface area contributed by atoms with E-state index in [1.54, 1.807) is 22.7 Å². The molecule has 0 aliphatic rings. The number of rotatable bonds is 7. The highest BCUT2D eigenvalue weighted by atomic mass is 32.1. The van der Waals surface area contributed by atoms with Gasteiger partial charge in [0, 0.05) is 6.42 Å². The van der Waals surface area contributed by atoms with Crippen LogP contribution >= 0.6 is 22.7 Å². The van der Waals surface area contributed by atoms with Crippen molar-refractivity contribution in [3.05, 3.63) is 22.0 Å². The predicted octanol–water partition coefficient (Wildman–Crippen LogP) is 3.51. The summed E-state index contributed by atoms with van der Waals surface area (Å²) in [6.07, 6.45) is 3.36. The van der Waals surface area contributed by atoms with Crippen molar-refractivity contribution in [2.75, 3.05) is 13.1 Å². The molecule has 0 unspecified atom stereocenters. The predicted molar refractivity (Wildman–Crippen MR) is 79.4 cm³/mol. The SMILES string of the molecule is CCCNCCCc1nnc(-c2sccc2C)s1. The monoisotopic (exact) mass is 281 g/mol. The third-order valence-electron chi connectivity index (χ3n) is 2.69. The van der Waals surface area contributed by atoms with Gasteiger partial charge in [0.15, 0.2) is 5.01 Å². The first-order valence-corrected chi connectivity index (χ1v) is 8.08. The maximum atomic E-state index is 4.29. The van der Waals surface area contributed by atoms with Crippen LogP contribution in [0.1, 0.15) is 30.3 Å². The molecule has 0 spiro atoms. The van der Waals surface area contributed by atoms with Gasteiger partial charge < -0.3 is 5.32 Å². The topological polar surface area (TPSA) is 37.8 Å². The van der Waals surface area contributed by atoms with Gasteiger partial charge in [-0.15, -0.1) is 21.5 Å². The van der Waals surface area contributed by atoms with Crippen LogP contribution in [-0.2, 0) is 6.42 Å². The minimum absolute atomic E-state index is 1.03. The Morgan fingerprint density at radius 2 is 2.17 bits per heavy atom. The molecule has 18 heavy (non-hydrogen) atoms. The molecule has 0 radical (unpaired) electrons. The molecule has 0 amide bonds. The average Bonchev–Trinajstić information content (AvgIpc) is 2.97. The second-order valence-electron chi connectivity index (χ2n) is 4.29. The molecule has 2 heterocycles. The van der Waals surface area contributed by atoms with Gasteiger partial charge in [0.05, 0.1) is 4.88 Å². The van der Waals surface area contributed by atoms with Gasteiger partial charge in [0.1, 0.15) is 5.01 Å². The third kappa shape index (κ3) is 3.60. The quantitative estimate of drug-likeness (QED) is 0.789. The van der Waals surface area contributed by atoms with Gasteiger partial charge in [-0.05, 0) is 49.9 Å². The van der Waals surface area contributed by atoms with E-state index in [0.717, 1.165) is 35.9 Å². The standard InChI is InChI=1S/C13H19N3S2/c1-3-7-14-8-4-5-11-15-16-13(18-11)12-10(2)6-9-17-12/h6,9,14H,3-5,7-8H2,1-2H3. The summed E-state index contributed by atoms with van der Waals surface area (Å²) in [6.45, 7) is 6.49. The van der Waals surface area contributed by atoms with Crippen molar-refractivity contribution in [1.29, 1.82) is 0 Å². The first-order chi connectivity index (χ1) is 8.81. The summed E-state index contributed by atoms with van der Waals surface area (Å²) in [5.41, 5.74) is 1.30. The Hall–Kier alpha value is -0.780. The van der Waals surface area contributed by atoms with E-state index in [2.05, 4.69) is 40.8 Å². The Morgan fingerprint density at radius 1 is 1.28 bits per heavy atom. The highest BCUT2D eigenvalue weighted by Crippen LogP contribution is 2.31. The lowest BCUT2D eigenvalue weighted by molar-refractivity contribution is 0.637. The van der Waals surface area contributed by atoms with Gasteiger partial charge in [0.25, 0.3) is 0 Å². The van der Waals surface area contributed by atoms with Gasteiger partial charge in [-0.3, -0.25) is 0 Å². The Morgan fingerprint density at radius 3 is 2.89 bits per heavy atom. The number of aryl methyl sites for hydroxylation is 2. The largest absolute Gasteiger partial charge is 0.317 e. The fourth-order valence-electron chi connectivity index (χ4n) is 1.70. The van der Waals surface area contributed by atoms with Crippen LogP contribution in [0.4, 0.5) is 0 Å². The van der Waals surface area contributed by atoms with E-state index in [1.165, 1.54) is 16.9 Å². The van der Waals surface area contributed by atoms with Crippen LogP contribution in [-0.4, -0.2) is 23.3 Å². The number of nitrogens with zero attached hydrogens (tertiary/aromatic N) is 2. The molecule has 0 saturated carbocycles. The van der Waals surface area contributed by atoms with Crippen LogP contribution in [0, 0.1) is 6.92 Å². The molecule has 0 fully saturated rings. The Kier molecular flexibility index (Phi) is 5.28. The molecule has 2 rings (SSSR count). The molecule has 2 aromatic heterocycles. The zero-order valence-electron chi connectivity index (χ0n) is 10.9. The van der Waals surface area contributed by atoms with Crippen molar-refractivity contribution in [3.63, 3.8) is 0 Å². The molecule has 0 aliphatic heterocycles. The second-order valence-corrected chi connectivity index (χ2v) is 6.27. The highest BCUT2D eigenvalue weighted by Gasteiger charge is 2.09. The molecule has 0 bridgehead atoms. The third-order valence-corrected chi connectivity index (χ3v) is 4.85. The molecule has 0 saturated heterocycles. The van der Waals surface area contributed by atoms with E-state index in [0.29, 0.717) is 0 Å². The lowest BCUT2D eigenvalue weighted by Gasteiger charge is -1.99. The minimum Gasteiger partial charge on any atom is -0.317 e. The molecule has 1 N–H and O–H groups in total. The summed E-state index contributed by atoms with van der Waals surface area (Å²) < 4.78 is 0. The molecule has 5 heteroatoms. The van der Waals surface area contributed by atoms with Crippen LogP contribution in [0.2, 0.25) is 0 Å². The lowest BCUT2D eigenvalue weighted by Crippen LogP contribution is -2.16.